The van der Waals surface area contributed by atoms with Crippen LogP contribution >= 0.6 is 0 Å². The fourth-order valence-corrected chi connectivity index (χ4v) is 2.34. The van der Waals surface area contributed by atoms with Gasteiger partial charge in [0.25, 0.3) is 0 Å². The minimum absolute atomic E-state index is 0.502. The van der Waals surface area contributed by atoms with Crippen molar-refractivity contribution in [3.05, 3.63) is 17.7 Å². The lowest BCUT2D eigenvalue weighted by Crippen LogP contribution is -2.21. The molecule has 20 heavy (non-hydrogen) atoms. The Balaban J connectivity index is 2.89. The van der Waals surface area contributed by atoms with Crippen LogP contribution in [0.2, 0.25) is 0 Å². The summed E-state index contributed by atoms with van der Waals surface area (Å²) in [6, 6.07) is 4.56. The molecule has 0 spiro atoms. The second kappa shape index (κ2) is 8.03. The number of anilines is 1. The Morgan fingerprint density at radius 3 is 2.15 bits per heavy atom. The zero-order valence-corrected chi connectivity index (χ0v) is 13.7. The molecule has 114 valence electrons. The molecule has 0 saturated carbocycles. The summed E-state index contributed by atoms with van der Waals surface area (Å²) in [5, 5.41) is 3.65. The highest BCUT2D eigenvalue weighted by Gasteiger charge is 2.14. The molecule has 0 fully saturated rings. The minimum atomic E-state index is 0.502. The van der Waals surface area contributed by atoms with E-state index in [4.69, 9.17) is 9.47 Å². The summed E-state index contributed by atoms with van der Waals surface area (Å²) in [5.74, 6) is 2.30. The van der Waals surface area contributed by atoms with E-state index in [1.807, 2.05) is 12.1 Å². The molecule has 0 heterocycles. The van der Waals surface area contributed by atoms with Gasteiger partial charge >= 0.3 is 0 Å². The molecule has 3 nitrogen and oxygen atoms in total. The van der Waals surface area contributed by atoms with Gasteiger partial charge in [0.05, 0.1) is 14.2 Å². The molecule has 2 unspecified atom stereocenters. The molecule has 3 heteroatoms. The fourth-order valence-electron chi connectivity index (χ4n) is 2.34. The maximum atomic E-state index is 5.38. The zero-order chi connectivity index (χ0) is 15.1. The van der Waals surface area contributed by atoms with Gasteiger partial charge in [0.15, 0.2) is 11.5 Å². The lowest BCUT2D eigenvalue weighted by molar-refractivity contribution is 0.355. The number of nitrogens with one attached hydrogen (secondary N) is 1. The van der Waals surface area contributed by atoms with Gasteiger partial charge in [-0.1, -0.05) is 27.2 Å². The Morgan fingerprint density at radius 1 is 1.05 bits per heavy atom. The summed E-state index contributed by atoms with van der Waals surface area (Å²) in [7, 11) is 3.34. The highest BCUT2D eigenvalue weighted by atomic mass is 16.5. The van der Waals surface area contributed by atoms with Gasteiger partial charge in [-0.2, -0.15) is 0 Å². The number of benzene rings is 1. The second-order valence-electron chi connectivity index (χ2n) is 5.52. The Morgan fingerprint density at radius 2 is 1.65 bits per heavy atom. The molecule has 0 aromatic heterocycles. The van der Waals surface area contributed by atoms with Crippen LogP contribution in [0.5, 0.6) is 11.5 Å². The molecule has 0 saturated heterocycles. The maximum Gasteiger partial charge on any atom is 0.162 e. The minimum Gasteiger partial charge on any atom is -0.493 e. The third-order valence-corrected chi connectivity index (χ3v) is 3.97. The summed E-state index contributed by atoms with van der Waals surface area (Å²) in [4.78, 5) is 0. The van der Waals surface area contributed by atoms with Crippen molar-refractivity contribution in [2.24, 2.45) is 5.92 Å². The van der Waals surface area contributed by atoms with Gasteiger partial charge in [0, 0.05) is 17.8 Å². The van der Waals surface area contributed by atoms with E-state index in [-0.39, 0.29) is 0 Å². The second-order valence-corrected chi connectivity index (χ2v) is 5.52. The fraction of sp³-hybridized carbons (Fsp3) is 0.647. The van der Waals surface area contributed by atoms with Crippen molar-refractivity contribution in [1.29, 1.82) is 0 Å². The van der Waals surface area contributed by atoms with Crippen molar-refractivity contribution in [1.82, 2.24) is 0 Å². The number of hydrogen-bond acceptors (Lipinski definition) is 3. The van der Waals surface area contributed by atoms with Crippen LogP contribution in [-0.4, -0.2) is 20.3 Å². The standard InChI is InChI=1S/C17H29NO2/c1-7-12(3)9-14(8-2)18-15-11-17(20-6)16(19-5)10-13(15)4/h10-12,14,18H,7-9H2,1-6H3. The summed E-state index contributed by atoms with van der Waals surface area (Å²) in [5.41, 5.74) is 2.32. The first-order valence-corrected chi connectivity index (χ1v) is 7.54. The van der Waals surface area contributed by atoms with Crippen molar-refractivity contribution < 1.29 is 9.47 Å². The molecule has 1 aromatic rings. The van der Waals surface area contributed by atoms with Crippen LogP contribution in [-0.2, 0) is 0 Å². The summed E-state index contributed by atoms with van der Waals surface area (Å²) in [6.45, 7) is 8.89. The number of ether oxygens (including phenoxy) is 2. The van der Waals surface area contributed by atoms with Crippen molar-refractivity contribution in [2.75, 3.05) is 19.5 Å². The van der Waals surface area contributed by atoms with Crippen molar-refractivity contribution in [2.45, 2.75) is 53.0 Å². The van der Waals surface area contributed by atoms with Gasteiger partial charge in [-0.3, -0.25) is 0 Å². The average Bonchev–Trinajstić information content (AvgIpc) is 2.47. The third-order valence-electron chi connectivity index (χ3n) is 3.97. The monoisotopic (exact) mass is 279 g/mol. The molecular weight excluding hydrogens is 250 g/mol. The molecular formula is C17H29NO2. The number of aryl methyl sites for hydroxylation is 1. The third kappa shape index (κ3) is 4.32. The van der Waals surface area contributed by atoms with Crippen molar-refractivity contribution in [3.63, 3.8) is 0 Å². The molecule has 1 N–H and O–H groups in total. The van der Waals surface area contributed by atoms with Gasteiger partial charge in [0.1, 0.15) is 0 Å². The first-order chi connectivity index (χ1) is 9.55. The van der Waals surface area contributed by atoms with E-state index in [1.165, 1.54) is 18.4 Å². The van der Waals surface area contributed by atoms with Gasteiger partial charge in [-0.15, -0.1) is 0 Å². The first kappa shape index (κ1) is 16.7. The van der Waals surface area contributed by atoms with E-state index in [9.17, 15) is 0 Å². The van der Waals surface area contributed by atoms with Crippen LogP contribution in [0.1, 0.15) is 45.6 Å². The molecule has 0 radical (unpaired) electrons. The SMILES string of the molecule is CCC(C)CC(CC)Nc1cc(OC)c(OC)cc1C. The molecule has 0 bridgehead atoms. The van der Waals surface area contributed by atoms with Crippen LogP contribution in [0, 0.1) is 12.8 Å². The van der Waals surface area contributed by atoms with Gasteiger partial charge in [0.2, 0.25) is 0 Å². The van der Waals surface area contributed by atoms with Crippen LogP contribution in [0.4, 0.5) is 5.69 Å². The van der Waals surface area contributed by atoms with Gasteiger partial charge in [-0.05, 0) is 37.3 Å². The highest BCUT2D eigenvalue weighted by molar-refractivity contribution is 5.60. The molecule has 0 aliphatic heterocycles. The molecule has 1 aromatic carbocycles. The topological polar surface area (TPSA) is 30.5 Å². The average molecular weight is 279 g/mol. The quantitative estimate of drug-likeness (QED) is 0.752. The predicted octanol–water partition coefficient (Wildman–Crippen LogP) is 4.64. The smallest absolute Gasteiger partial charge is 0.162 e. The van der Waals surface area contributed by atoms with Gasteiger partial charge in [-0.25, -0.2) is 0 Å². The summed E-state index contributed by atoms with van der Waals surface area (Å²) >= 11 is 0. The summed E-state index contributed by atoms with van der Waals surface area (Å²) < 4.78 is 10.7. The van der Waals surface area contributed by atoms with Crippen LogP contribution in [0.25, 0.3) is 0 Å². The normalized spacial score (nSPS) is 13.7. The van der Waals surface area contributed by atoms with E-state index >= 15 is 0 Å². The Labute approximate surface area is 123 Å². The lowest BCUT2D eigenvalue weighted by Gasteiger charge is -2.23. The van der Waals surface area contributed by atoms with E-state index in [0.717, 1.165) is 29.5 Å². The first-order valence-electron chi connectivity index (χ1n) is 7.54. The Bertz CT molecular complexity index is 418. The molecule has 1 rings (SSSR count). The van der Waals surface area contributed by atoms with Gasteiger partial charge < -0.3 is 14.8 Å². The zero-order valence-electron chi connectivity index (χ0n) is 13.7. The predicted molar refractivity (Wildman–Crippen MR) is 86.1 cm³/mol. The van der Waals surface area contributed by atoms with Crippen molar-refractivity contribution >= 4 is 5.69 Å². The molecule has 0 aliphatic rings. The number of hydrogen-bond donors (Lipinski definition) is 1. The van der Waals surface area contributed by atoms with Crippen LogP contribution in [0.15, 0.2) is 12.1 Å². The van der Waals surface area contributed by atoms with E-state index < -0.39 is 0 Å². The highest BCUT2D eigenvalue weighted by Crippen LogP contribution is 2.33. The Hall–Kier alpha value is -1.38. The maximum absolute atomic E-state index is 5.38. The Kier molecular flexibility index (Phi) is 6.69. The van der Waals surface area contributed by atoms with E-state index in [2.05, 4.69) is 33.0 Å². The number of methoxy groups -OCH3 is 2. The summed E-state index contributed by atoms with van der Waals surface area (Å²) in [6.07, 6.45) is 3.54. The van der Waals surface area contributed by atoms with Crippen LogP contribution < -0.4 is 14.8 Å². The molecule has 2 atom stereocenters. The molecule has 0 aliphatic carbocycles. The largest absolute Gasteiger partial charge is 0.493 e. The van der Waals surface area contributed by atoms with Crippen LogP contribution in [0.3, 0.4) is 0 Å². The number of rotatable bonds is 8. The van der Waals surface area contributed by atoms with Crippen molar-refractivity contribution in [3.8, 4) is 11.5 Å². The molecule has 0 amide bonds. The lowest BCUT2D eigenvalue weighted by atomic mass is 9.97. The van der Waals surface area contributed by atoms with E-state index in [1.54, 1.807) is 14.2 Å². The van der Waals surface area contributed by atoms with E-state index in [0.29, 0.717) is 6.04 Å².